The third-order valence-corrected chi connectivity index (χ3v) is 7.63. The monoisotopic (exact) mass is 476 g/mol. The van der Waals surface area contributed by atoms with Crippen LogP contribution in [0.25, 0.3) is 16.8 Å². The van der Waals surface area contributed by atoms with Crippen LogP contribution in [0.5, 0.6) is 0 Å². The number of fused-ring (bicyclic) bond motifs is 1. The summed E-state index contributed by atoms with van der Waals surface area (Å²) in [7, 11) is 1.78. The molecule has 0 radical (unpaired) electrons. The summed E-state index contributed by atoms with van der Waals surface area (Å²) >= 11 is 0. The van der Waals surface area contributed by atoms with Crippen molar-refractivity contribution in [3.05, 3.63) is 54.6 Å². The molecule has 0 bridgehead atoms. The number of nitrogens with zero attached hydrogens (tertiary/aromatic N) is 6. The Morgan fingerprint density at radius 1 is 1.11 bits per heavy atom. The van der Waals surface area contributed by atoms with Gasteiger partial charge in [0.1, 0.15) is 24.8 Å². The van der Waals surface area contributed by atoms with Crippen LogP contribution in [0, 0.1) is 0 Å². The largest absolute Gasteiger partial charge is 0.382 e. The van der Waals surface area contributed by atoms with Gasteiger partial charge in [0.15, 0.2) is 17.0 Å². The molecule has 1 atom stereocenters. The second kappa shape index (κ2) is 8.80. The van der Waals surface area contributed by atoms with Crippen LogP contribution in [0.15, 0.2) is 59.4 Å². The van der Waals surface area contributed by atoms with Gasteiger partial charge in [-0.1, -0.05) is 18.2 Å². The van der Waals surface area contributed by atoms with Crippen LogP contribution in [0.3, 0.4) is 0 Å². The summed E-state index contributed by atoms with van der Waals surface area (Å²) in [5, 5.41) is 13.6. The molecule has 2 aromatic heterocycles. The molecule has 3 aliphatic rings. The highest BCUT2D eigenvalue weighted by molar-refractivity contribution is 5.88. The summed E-state index contributed by atoms with van der Waals surface area (Å²) in [5.74, 6) is 0.412. The van der Waals surface area contributed by atoms with Crippen molar-refractivity contribution in [2.24, 2.45) is 10.3 Å². The minimum absolute atomic E-state index is 0.190. The zero-order valence-electron chi connectivity index (χ0n) is 19.8. The molecule has 6 rings (SSSR count). The van der Waals surface area contributed by atoms with E-state index >= 15 is 0 Å². The molecule has 2 N–H and O–H groups in total. The topological polar surface area (TPSA) is 109 Å². The summed E-state index contributed by atoms with van der Waals surface area (Å²) in [6, 6.07) is 10.8. The number of quaternary nitrogens is 1. The van der Waals surface area contributed by atoms with E-state index in [1.165, 1.54) is 6.33 Å². The number of methoxy groups -OCH3 is 1. The van der Waals surface area contributed by atoms with E-state index in [0.29, 0.717) is 32.2 Å². The van der Waals surface area contributed by atoms with Gasteiger partial charge in [0.25, 0.3) is 0 Å². The van der Waals surface area contributed by atoms with Crippen molar-refractivity contribution in [1.82, 2.24) is 19.2 Å². The standard InChI is InChI=1S/C25H30N7O3/c1-33-25(7-13-35-14-8-25)19-4-2-3-18(15-19)21-16-22(23-24(26)27-17-29-31(21)23)32(10-9-28-30-32)20-5-11-34-12-6-20/h2-4,9-10,15-17,20H,5-8,11-14H2,1H3,(H2,26,27,29)/q+1. The number of anilines is 1. The number of hydrogen-bond donors (Lipinski definition) is 1. The highest BCUT2D eigenvalue weighted by atomic mass is 16.5. The van der Waals surface area contributed by atoms with Gasteiger partial charge in [0.2, 0.25) is 0 Å². The van der Waals surface area contributed by atoms with Gasteiger partial charge in [-0.05, 0) is 11.6 Å². The van der Waals surface area contributed by atoms with Gasteiger partial charge >= 0.3 is 0 Å². The Morgan fingerprint density at radius 3 is 2.66 bits per heavy atom. The van der Waals surface area contributed by atoms with Crippen LogP contribution in [-0.4, -0.2) is 54.2 Å². The molecule has 0 spiro atoms. The lowest BCUT2D eigenvalue weighted by Crippen LogP contribution is -2.49. The van der Waals surface area contributed by atoms with Gasteiger partial charge in [-0.15, -0.1) is 9.71 Å². The predicted octanol–water partition coefficient (Wildman–Crippen LogP) is 3.97. The smallest absolute Gasteiger partial charge is 0.197 e. The second-order valence-corrected chi connectivity index (χ2v) is 9.30. The summed E-state index contributed by atoms with van der Waals surface area (Å²) in [6.07, 6.45) is 8.66. The Morgan fingerprint density at radius 2 is 1.91 bits per heavy atom. The van der Waals surface area contributed by atoms with Crippen LogP contribution in [0.4, 0.5) is 11.5 Å². The summed E-state index contributed by atoms with van der Waals surface area (Å²) < 4.78 is 19.4. The predicted molar refractivity (Wildman–Crippen MR) is 131 cm³/mol. The molecule has 35 heavy (non-hydrogen) atoms. The molecule has 0 saturated carbocycles. The molecule has 5 heterocycles. The Labute approximate surface area is 203 Å². The third kappa shape index (κ3) is 3.56. The molecule has 1 unspecified atom stereocenters. The molecular weight excluding hydrogens is 446 g/mol. The minimum atomic E-state index is -0.361. The van der Waals surface area contributed by atoms with Crippen molar-refractivity contribution < 1.29 is 14.2 Å². The van der Waals surface area contributed by atoms with E-state index in [0.717, 1.165) is 53.7 Å². The van der Waals surface area contributed by atoms with Crippen molar-refractivity contribution >= 4 is 17.0 Å². The SMILES string of the molecule is COC1(c2cccc(-c3cc([N+]4(C5CCOCC5)C=CN=N4)c4c(N)ncnn34)c2)CCOCC1. The first kappa shape index (κ1) is 22.3. The van der Waals surface area contributed by atoms with E-state index < -0.39 is 0 Å². The highest BCUT2D eigenvalue weighted by Gasteiger charge is 2.45. The van der Waals surface area contributed by atoms with Crippen LogP contribution in [-0.2, 0) is 19.8 Å². The van der Waals surface area contributed by atoms with Crippen molar-refractivity contribution in [2.45, 2.75) is 37.3 Å². The van der Waals surface area contributed by atoms with Gasteiger partial charge in [0, 0.05) is 62.9 Å². The molecule has 10 heteroatoms. The fourth-order valence-corrected chi connectivity index (χ4v) is 5.68. The lowest BCUT2D eigenvalue weighted by atomic mass is 9.85. The fraction of sp³-hybridized carbons (Fsp3) is 0.440. The Balaban J connectivity index is 1.52. The summed E-state index contributed by atoms with van der Waals surface area (Å²) in [6.45, 7) is 2.76. The van der Waals surface area contributed by atoms with Crippen molar-refractivity contribution in [3.8, 4) is 11.3 Å². The average Bonchev–Trinajstić information content (AvgIpc) is 3.57. The molecule has 3 aromatic rings. The maximum absolute atomic E-state index is 6.46. The number of nitrogens with two attached hydrogens (primary N) is 1. The quantitative estimate of drug-likeness (QED) is 0.558. The van der Waals surface area contributed by atoms with Gasteiger partial charge in [-0.3, -0.25) is 0 Å². The minimum Gasteiger partial charge on any atom is -0.382 e. The first-order valence-electron chi connectivity index (χ1n) is 12.1. The van der Waals surface area contributed by atoms with E-state index in [1.54, 1.807) is 13.3 Å². The Bertz CT molecular complexity index is 1280. The van der Waals surface area contributed by atoms with Crippen LogP contribution in [0.2, 0.25) is 0 Å². The second-order valence-electron chi connectivity index (χ2n) is 9.30. The third-order valence-electron chi connectivity index (χ3n) is 7.63. The van der Waals surface area contributed by atoms with Gasteiger partial charge in [0.05, 0.1) is 24.5 Å². The van der Waals surface area contributed by atoms with E-state index in [9.17, 15) is 0 Å². The van der Waals surface area contributed by atoms with Crippen molar-refractivity contribution in [1.29, 1.82) is 0 Å². The summed E-state index contributed by atoms with van der Waals surface area (Å²) in [4.78, 5) is 4.32. The zero-order chi connectivity index (χ0) is 23.9. The number of benzene rings is 1. The van der Waals surface area contributed by atoms with Crippen LogP contribution < -0.4 is 10.3 Å². The molecular formula is C25H30N7O3+. The van der Waals surface area contributed by atoms with E-state index in [2.05, 4.69) is 45.5 Å². The molecule has 3 aliphatic heterocycles. The van der Waals surface area contributed by atoms with E-state index in [4.69, 9.17) is 25.2 Å². The van der Waals surface area contributed by atoms with Crippen LogP contribution in [0.1, 0.15) is 31.2 Å². The molecule has 10 nitrogen and oxygen atoms in total. The maximum Gasteiger partial charge on any atom is 0.197 e. The molecule has 1 aromatic carbocycles. The van der Waals surface area contributed by atoms with Crippen molar-refractivity contribution in [2.75, 3.05) is 39.3 Å². The summed E-state index contributed by atoms with van der Waals surface area (Å²) in [5.41, 5.74) is 10.8. The van der Waals surface area contributed by atoms with Gasteiger partial charge in [-0.25, -0.2) is 9.50 Å². The molecule has 0 aliphatic carbocycles. The normalized spacial score (nSPS) is 24.4. The van der Waals surface area contributed by atoms with Gasteiger partial charge < -0.3 is 19.9 Å². The molecule has 2 fully saturated rings. The molecule has 2 saturated heterocycles. The van der Waals surface area contributed by atoms with Gasteiger partial charge in [-0.2, -0.15) is 5.10 Å². The lowest BCUT2D eigenvalue weighted by Gasteiger charge is -2.36. The number of nitrogen functional groups attached to an aromatic ring is 1. The van der Waals surface area contributed by atoms with E-state index in [-0.39, 0.29) is 16.2 Å². The number of hydrogen-bond acceptors (Lipinski definition) is 8. The molecule has 182 valence electrons. The highest BCUT2D eigenvalue weighted by Crippen LogP contribution is 2.44. The zero-order valence-corrected chi connectivity index (χ0v) is 19.8. The Kier molecular flexibility index (Phi) is 5.60. The van der Waals surface area contributed by atoms with E-state index in [1.807, 2.05) is 10.7 Å². The maximum atomic E-state index is 6.46. The fourth-order valence-electron chi connectivity index (χ4n) is 5.68. The lowest BCUT2D eigenvalue weighted by molar-refractivity contribution is -0.0947. The number of rotatable bonds is 5. The first-order chi connectivity index (χ1) is 17.2. The molecule has 0 amide bonds. The number of ether oxygens (including phenoxy) is 3. The Hall–Kier alpha value is -3.18. The average molecular weight is 477 g/mol. The number of aromatic nitrogens is 3. The first-order valence-corrected chi connectivity index (χ1v) is 12.1. The van der Waals surface area contributed by atoms with Crippen molar-refractivity contribution in [3.63, 3.8) is 0 Å². The van der Waals surface area contributed by atoms with Crippen LogP contribution >= 0.6 is 0 Å².